The number of aromatic nitrogens is 2. The number of carbonyl (C=O) groups is 3. The van der Waals surface area contributed by atoms with Gasteiger partial charge in [0, 0.05) is 18.9 Å². The van der Waals surface area contributed by atoms with E-state index in [0.29, 0.717) is 11.3 Å². The van der Waals surface area contributed by atoms with Crippen molar-refractivity contribution in [1.29, 1.82) is 0 Å². The van der Waals surface area contributed by atoms with E-state index in [1.807, 2.05) is 0 Å². The maximum absolute atomic E-state index is 12.3. The summed E-state index contributed by atoms with van der Waals surface area (Å²) in [5.74, 6) is -2.46. The number of carboxylic acid groups (broad SMARTS) is 1. The zero-order valence-corrected chi connectivity index (χ0v) is 12.8. The molecule has 2 rings (SSSR count). The van der Waals surface area contributed by atoms with Crippen LogP contribution >= 0.6 is 0 Å². The molecule has 0 bridgehead atoms. The Hall–Kier alpha value is -3.16. The molecule has 1 heterocycles. The van der Waals surface area contributed by atoms with Crippen molar-refractivity contribution in [3.05, 3.63) is 46.8 Å². The second kappa shape index (κ2) is 6.30. The summed E-state index contributed by atoms with van der Waals surface area (Å²) in [6, 6.07) is 4.68. The van der Waals surface area contributed by atoms with Crippen LogP contribution in [0.2, 0.25) is 0 Å². The zero-order valence-electron chi connectivity index (χ0n) is 12.8. The lowest BCUT2D eigenvalue weighted by molar-refractivity contribution is 0.0599. The average molecular weight is 317 g/mol. The average Bonchev–Trinajstić information content (AvgIpc) is 2.91. The summed E-state index contributed by atoms with van der Waals surface area (Å²) in [5, 5.41) is 15.5. The quantitative estimate of drug-likeness (QED) is 0.826. The molecular weight excluding hydrogens is 302 g/mol. The number of aromatic carboxylic acids is 1. The smallest absolute Gasteiger partial charge is 0.339 e. The Kier molecular flexibility index (Phi) is 4.44. The van der Waals surface area contributed by atoms with Gasteiger partial charge >= 0.3 is 11.9 Å². The topological polar surface area (TPSA) is 111 Å². The summed E-state index contributed by atoms with van der Waals surface area (Å²) in [4.78, 5) is 35.0. The Morgan fingerprint density at radius 1 is 1.30 bits per heavy atom. The molecule has 2 N–H and O–H groups in total. The van der Waals surface area contributed by atoms with Crippen LogP contribution in [0.3, 0.4) is 0 Å². The molecule has 0 atom stereocenters. The minimum absolute atomic E-state index is 0.202. The summed E-state index contributed by atoms with van der Waals surface area (Å²) >= 11 is 0. The summed E-state index contributed by atoms with van der Waals surface area (Å²) in [5.41, 5.74) is 0.946. The Morgan fingerprint density at radius 2 is 2.00 bits per heavy atom. The number of nitrogens with zero attached hydrogens (tertiary/aromatic N) is 2. The molecule has 2 aromatic rings. The van der Waals surface area contributed by atoms with E-state index in [1.54, 1.807) is 19.1 Å². The van der Waals surface area contributed by atoms with E-state index in [4.69, 9.17) is 5.11 Å². The molecule has 0 radical (unpaired) electrons. The minimum Gasteiger partial charge on any atom is -0.478 e. The normalized spacial score (nSPS) is 10.2. The van der Waals surface area contributed by atoms with Gasteiger partial charge in [-0.15, -0.1) is 0 Å². The van der Waals surface area contributed by atoms with Crippen LogP contribution in [0.25, 0.3) is 0 Å². The van der Waals surface area contributed by atoms with Crippen LogP contribution in [-0.2, 0) is 11.8 Å². The van der Waals surface area contributed by atoms with Crippen LogP contribution in [-0.4, -0.2) is 39.8 Å². The molecule has 23 heavy (non-hydrogen) atoms. The van der Waals surface area contributed by atoms with Gasteiger partial charge in [-0.1, -0.05) is 6.07 Å². The number of benzene rings is 1. The van der Waals surface area contributed by atoms with Crippen molar-refractivity contribution in [3.63, 3.8) is 0 Å². The number of rotatable bonds is 4. The number of ether oxygens (including phenoxy) is 1. The Morgan fingerprint density at radius 3 is 2.61 bits per heavy atom. The SMILES string of the molecule is COC(=O)c1ccc(C)c(NC(=O)c2nn(C)cc2C(=O)O)c1. The Balaban J connectivity index is 2.34. The molecule has 0 spiro atoms. The molecule has 0 saturated carbocycles. The van der Waals surface area contributed by atoms with Gasteiger partial charge in [-0.3, -0.25) is 9.48 Å². The van der Waals surface area contributed by atoms with Gasteiger partial charge in [0.2, 0.25) is 0 Å². The lowest BCUT2D eigenvalue weighted by atomic mass is 10.1. The van der Waals surface area contributed by atoms with Gasteiger partial charge in [-0.05, 0) is 24.6 Å². The number of anilines is 1. The van der Waals surface area contributed by atoms with E-state index in [1.165, 1.54) is 31.1 Å². The molecule has 8 heteroatoms. The lowest BCUT2D eigenvalue weighted by Crippen LogP contribution is -2.17. The molecule has 0 saturated heterocycles. The van der Waals surface area contributed by atoms with E-state index in [0.717, 1.165) is 0 Å². The predicted molar refractivity (Wildman–Crippen MR) is 80.6 cm³/mol. The zero-order chi connectivity index (χ0) is 17.1. The summed E-state index contributed by atoms with van der Waals surface area (Å²) in [6.45, 7) is 1.74. The highest BCUT2D eigenvalue weighted by Gasteiger charge is 2.21. The number of hydrogen-bond donors (Lipinski definition) is 2. The van der Waals surface area contributed by atoms with E-state index < -0.39 is 17.8 Å². The lowest BCUT2D eigenvalue weighted by Gasteiger charge is -2.09. The van der Waals surface area contributed by atoms with E-state index in [9.17, 15) is 14.4 Å². The summed E-state index contributed by atoms with van der Waals surface area (Å²) < 4.78 is 5.88. The van der Waals surface area contributed by atoms with Gasteiger partial charge in [-0.2, -0.15) is 5.10 Å². The second-order valence-electron chi connectivity index (χ2n) is 4.85. The van der Waals surface area contributed by atoms with Gasteiger partial charge in [0.15, 0.2) is 5.69 Å². The number of nitrogens with one attached hydrogen (secondary N) is 1. The van der Waals surface area contributed by atoms with Gasteiger partial charge in [0.05, 0.1) is 12.7 Å². The number of carbonyl (C=O) groups excluding carboxylic acids is 2. The maximum atomic E-state index is 12.3. The highest BCUT2D eigenvalue weighted by Crippen LogP contribution is 2.19. The van der Waals surface area contributed by atoms with Crippen molar-refractivity contribution >= 4 is 23.5 Å². The van der Waals surface area contributed by atoms with E-state index >= 15 is 0 Å². The van der Waals surface area contributed by atoms with Crippen LogP contribution in [0.15, 0.2) is 24.4 Å². The number of esters is 1. The fourth-order valence-electron chi connectivity index (χ4n) is 2.00. The molecule has 0 aliphatic heterocycles. The first kappa shape index (κ1) is 16.2. The number of hydrogen-bond acceptors (Lipinski definition) is 5. The highest BCUT2D eigenvalue weighted by atomic mass is 16.5. The predicted octanol–water partition coefficient (Wildman–Crippen LogP) is 1.47. The van der Waals surface area contributed by atoms with Gasteiger partial charge in [-0.25, -0.2) is 9.59 Å². The fourth-order valence-corrected chi connectivity index (χ4v) is 2.00. The standard InChI is InChI=1S/C15H15N3O5/c1-8-4-5-9(15(22)23-3)6-11(8)16-13(19)12-10(14(20)21)7-18(2)17-12/h4-7H,1-3H3,(H,16,19)(H,20,21). The first-order valence-electron chi connectivity index (χ1n) is 6.60. The van der Waals surface area contributed by atoms with Crippen molar-refractivity contribution in [3.8, 4) is 0 Å². The van der Waals surface area contributed by atoms with Crippen LogP contribution < -0.4 is 5.32 Å². The summed E-state index contributed by atoms with van der Waals surface area (Å²) in [6.07, 6.45) is 1.25. The molecule has 0 fully saturated rings. The third-order valence-electron chi connectivity index (χ3n) is 3.18. The van der Waals surface area contributed by atoms with Gasteiger partial charge < -0.3 is 15.2 Å². The fraction of sp³-hybridized carbons (Fsp3) is 0.200. The van der Waals surface area contributed by atoms with Crippen LogP contribution in [0.1, 0.15) is 36.8 Å². The monoisotopic (exact) mass is 317 g/mol. The first-order valence-corrected chi connectivity index (χ1v) is 6.60. The highest BCUT2D eigenvalue weighted by molar-refractivity contribution is 6.09. The Labute approximate surface area is 131 Å². The Bertz CT molecular complexity index is 794. The molecule has 0 unspecified atom stereocenters. The third kappa shape index (κ3) is 3.37. The van der Waals surface area contributed by atoms with Gasteiger partial charge in [0.25, 0.3) is 5.91 Å². The van der Waals surface area contributed by atoms with E-state index in [-0.39, 0.29) is 16.8 Å². The van der Waals surface area contributed by atoms with Crippen LogP contribution in [0, 0.1) is 6.92 Å². The van der Waals surface area contributed by atoms with Crippen molar-refractivity contribution in [1.82, 2.24) is 9.78 Å². The molecule has 8 nitrogen and oxygen atoms in total. The van der Waals surface area contributed by atoms with Crippen molar-refractivity contribution in [2.24, 2.45) is 7.05 Å². The van der Waals surface area contributed by atoms with Crippen molar-refractivity contribution in [2.45, 2.75) is 6.92 Å². The van der Waals surface area contributed by atoms with Crippen molar-refractivity contribution < 1.29 is 24.2 Å². The molecule has 0 aliphatic rings. The van der Waals surface area contributed by atoms with Crippen LogP contribution in [0.4, 0.5) is 5.69 Å². The number of aryl methyl sites for hydroxylation is 2. The third-order valence-corrected chi connectivity index (χ3v) is 3.18. The largest absolute Gasteiger partial charge is 0.478 e. The maximum Gasteiger partial charge on any atom is 0.339 e. The molecule has 1 aromatic heterocycles. The second-order valence-corrected chi connectivity index (χ2v) is 4.85. The molecule has 1 amide bonds. The molecular formula is C15H15N3O5. The number of methoxy groups -OCH3 is 1. The number of carboxylic acids is 1. The number of amides is 1. The van der Waals surface area contributed by atoms with Gasteiger partial charge in [0.1, 0.15) is 5.56 Å². The summed E-state index contributed by atoms with van der Waals surface area (Å²) in [7, 11) is 2.78. The van der Waals surface area contributed by atoms with E-state index in [2.05, 4.69) is 15.2 Å². The van der Waals surface area contributed by atoms with Crippen LogP contribution in [0.5, 0.6) is 0 Å². The minimum atomic E-state index is -1.25. The molecule has 1 aromatic carbocycles. The molecule has 120 valence electrons. The first-order chi connectivity index (χ1) is 10.8. The van der Waals surface area contributed by atoms with Crippen molar-refractivity contribution in [2.75, 3.05) is 12.4 Å². The molecule has 0 aliphatic carbocycles.